The van der Waals surface area contributed by atoms with Crippen molar-refractivity contribution in [1.29, 1.82) is 4.78 Å². The monoisotopic (exact) mass is 408 g/mol. The molecule has 2 heterocycles. The summed E-state index contributed by atoms with van der Waals surface area (Å²) in [7, 11) is -1.72. The van der Waals surface area contributed by atoms with Crippen LogP contribution in [-0.4, -0.2) is 20.7 Å². The van der Waals surface area contributed by atoms with Gasteiger partial charge in [-0.25, -0.2) is 22.5 Å². The Labute approximate surface area is 162 Å². The number of fused-ring (bicyclic) bond motifs is 1. The molecule has 0 aliphatic carbocycles. The highest BCUT2D eigenvalue weighted by Crippen LogP contribution is 2.28. The van der Waals surface area contributed by atoms with Crippen molar-refractivity contribution in [2.75, 3.05) is 5.32 Å². The first-order valence-corrected chi connectivity index (χ1v) is 10.3. The lowest BCUT2D eigenvalue weighted by atomic mass is 10.0. The molecule has 1 aromatic carbocycles. The van der Waals surface area contributed by atoms with Gasteiger partial charge in [0.05, 0.1) is 4.90 Å². The molecule has 0 saturated carbocycles. The smallest absolute Gasteiger partial charge is 0.272 e. The van der Waals surface area contributed by atoms with Crippen LogP contribution in [0.15, 0.2) is 35.4 Å². The normalized spacial score (nSPS) is 21.4. The summed E-state index contributed by atoms with van der Waals surface area (Å²) >= 11 is 0. The molecule has 6 nitrogen and oxygen atoms in total. The first-order chi connectivity index (χ1) is 13.1. The number of hydrogen-bond acceptors (Lipinski definition) is 3. The number of aryl methyl sites for hydroxylation is 1. The number of halogens is 2. The van der Waals surface area contributed by atoms with Gasteiger partial charge in [0.2, 0.25) is 0 Å². The van der Waals surface area contributed by atoms with E-state index in [2.05, 4.69) is 10.0 Å². The van der Waals surface area contributed by atoms with Crippen LogP contribution in [0.2, 0.25) is 0 Å². The van der Waals surface area contributed by atoms with Gasteiger partial charge in [0.25, 0.3) is 5.91 Å². The van der Waals surface area contributed by atoms with Crippen molar-refractivity contribution in [3.05, 3.63) is 53.4 Å². The molecule has 1 aliphatic rings. The molecular formula is C19H22F2N4O2S. The Kier molecular flexibility index (Phi) is 5.40. The maximum atomic E-state index is 13.4. The van der Waals surface area contributed by atoms with E-state index in [0.29, 0.717) is 17.9 Å². The average Bonchev–Trinajstić information content (AvgIpc) is 2.87. The Morgan fingerprint density at radius 3 is 2.71 bits per heavy atom. The van der Waals surface area contributed by atoms with E-state index in [1.165, 1.54) is 16.8 Å². The summed E-state index contributed by atoms with van der Waals surface area (Å²) in [5.74, 6) is -2.32. The quantitative estimate of drug-likeness (QED) is 0.716. The molecule has 1 amide bonds. The molecular weight excluding hydrogens is 386 g/mol. The molecule has 0 bridgehead atoms. The van der Waals surface area contributed by atoms with Gasteiger partial charge in [0.15, 0.2) is 11.6 Å². The highest BCUT2D eigenvalue weighted by molar-refractivity contribution is 7.90. The number of nitrogens with zero attached hydrogens (tertiary/aromatic N) is 1. The van der Waals surface area contributed by atoms with Gasteiger partial charge in [-0.05, 0) is 24.5 Å². The van der Waals surface area contributed by atoms with Crippen LogP contribution in [0.3, 0.4) is 0 Å². The van der Waals surface area contributed by atoms with Gasteiger partial charge in [-0.1, -0.05) is 26.0 Å². The third-order valence-electron chi connectivity index (χ3n) is 4.42. The minimum atomic E-state index is -3.32. The van der Waals surface area contributed by atoms with Crippen molar-refractivity contribution in [3.63, 3.8) is 0 Å². The summed E-state index contributed by atoms with van der Waals surface area (Å²) in [6.07, 6.45) is 5.67. The zero-order chi connectivity index (χ0) is 20.6. The fourth-order valence-corrected chi connectivity index (χ4v) is 4.73. The number of anilines is 1. The predicted octanol–water partition coefficient (Wildman–Crippen LogP) is 3.91. The lowest BCUT2D eigenvalue weighted by molar-refractivity contribution is 0.101. The number of nitrogens with one attached hydrogen (secondary N) is 3. The summed E-state index contributed by atoms with van der Waals surface area (Å²) in [6, 6.07) is 2.80. The average molecular weight is 408 g/mol. The number of aromatic nitrogens is 1. The molecule has 1 aliphatic heterocycles. The molecule has 2 aromatic rings. The maximum absolute atomic E-state index is 13.4. The van der Waals surface area contributed by atoms with Gasteiger partial charge < -0.3 is 9.88 Å². The van der Waals surface area contributed by atoms with Crippen LogP contribution in [0.4, 0.5) is 14.5 Å². The summed E-state index contributed by atoms with van der Waals surface area (Å²) in [4.78, 5) is 13.0. The van der Waals surface area contributed by atoms with E-state index in [0.717, 1.165) is 12.1 Å². The third-order valence-corrected chi connectivity index (χ3v) is 6.00. The van der Waals surface area contributed by atoms with Crippen LogP contribution in [0.1, 0.15) is 36.3 Å². The number of amides is 1. The molecule has 1 aromatic heterocycles. The van der Waals surface area contributed by atoms with E-state index in [1.54, 1.807) is 19.2 Å². The van der Waals surface area contributed by atoms with Crippen molar-refractivity contribution < 1.29 is 17.8 Å². The summed E-state index contributed by atoms with van der Waals surface area (Å²) < 4.78 is 52.1. The molecule has 2 atom stereocenters. The van der Waals surface area contributed by atoms with Gasteiger partial charge in [0, 0.05) is 36.6 Å². The fraction of sp³-hybridized carbons (Fsp3) is 0.316. The molecule has 3 N–H and O–H groups in total. The largest absolute Gasteiger partial charge is 0.345 e. The van der Waals surface area contributed by atoms with Crippen LogP contribution in [-0.2, 0) is 17.0 Å². The van der Waals surface area contributed by atoms with Gasteiger partial charge in [-0.2, -0.15) is 0 Å². The molecule has 28 heavy (non-hydrogen) atoms. The molecule has 150 valence electrons. The van der Waals surface area contributed by atoms with Crippen LogP contribution in [0, 0.1) is 22.3 Å². The molecule has 2 unspecified atom stereocenters. The lowest BCUT2D eigenvalue weighted by Gasteiger charge is -2.17. The molecule has 0 spiro atoms. The van der Waals surface area contributed by atoms with Crippen LogP contribution in [0.25, 0.3) is 6.08 Å². The van der Waals surface area contributed by atoms with Crippen LogP contribution in [0.5, 0.6) is 0 Å². The van der Waals surface area contributed by atoms with Crippen molar-refractivity contribution in [1.82, 2.24) is 9.29 Å². The topological polar surface area (TPSA) is 87.0 Å². The minimum Gasteiger partial charge on any atom is -0.345 e. The molecule has 9 heteroatoms. The Morgan fingerprint density at radius 1 is 1.36 bits per heavy atom. The zero-order valence-corrected chi connectivity index (χ0v) is 16.6. The summed E-state index contributed by atoms with van der Waals surface area (Å²) in [5, 5.41) is 2.52. The lowest BCUT2D eigenvalue weighted by Crippen LogP contribution is -2.32. The highest BCUT2D eigenvalue weighted by atomic mass is 32.2. The summed E-state index contributed by atoms with van der Waals surface area (Å²) in [6.45, 7) is 4.06. The van der Waals surface area contributed by atoms with Gasteiger partial charge in [-0.15, -0.1) is 0 Å². The van der Waals surface area contributed by atoms with E-state index in [-0.39, 0.29) is 22.3 Å². The van der Waals surface area contributed by atoms with Crippen molar-refractivity contribution >= 4 is 27.6 Å². The van der Waals surface area contributed by atoms with Gasteiger partial charge >= 0.3 is 0 Å². The predicted molar refractivity (Wildman–Crippen MR) is 104 cm³/mol. The Bertz CT molecular complexity index is 1060. The third kappa shape index (κ3) is 4.00. The van der Waals surface area contributed by atoms with E-state index in [9.17, 15) is 17.8 Å². The van der Waals surface area contributed by atoms with E-state index in [1.807, 2.05) is 13.8 Å². The standard InChI is InChI=1S/C19H22F2N4O2S/c1-11(2)8-13-4-6-14-17(28(22,27)24-13)10-25(3)18(14)19(26)23-12-5-7-15(20)16(21)9-12/h4-7,9-11,13H,8H2,1-3H3,(H,23,26)(H2,22,24,27). The fourth-order valence-electron chi connectivity index (χ4n) is 3.22. The first-order valence-electron chi connectivity index (χ1n) is 8.78. The van der Waals surface area contributed by atoms with Gasteiger partial charge in [0.1, 0.15) is 15.6 Å². The Hall–Kier alpha value is -2.52. The number of carbonyl (C=O) groups excluding carboxylic acids is 1. The van der Waals surface area contributed by atoms with Crippen molar-refractivity contribution in [2.24, 2.45) is 13.0 Å². The number of carbonyl (C=O) groups is 1. The number of rotatable bonds is 4. The van der Waals surface area contributed by atoms with Crippen LogP contribution < -0.4 is 10.0 Å². The number of hydrogen-bond donors (Lipinski definition) is 3. The van der Waals surface area contributed by atoms with E-state index < -0.39 is 27.5 Å². The summed E-state index contributed by atoms with van der Waals surface area (Å²) in [5.41, 5.74) is 0.656. The maximum Gasteiger partial charge on any atom is 0.272 e. The van der Waals surface area contributed by atoms with E-state index >= 15 is 0 Å². The molecule has 3 rings (SSSR count). The Balaban J connectivity index is 1.99. The first kappa shape index (κ1) is 20.2. The highest BCUT2D eigenvalue weighted by Gasteiger charge is 2.28. The molecule has 0 radical (unpaired) electrons. The van der Waals surface area contributed by atoms with Gasteiger partial charge in [-0.3, -0.25) is 4.79 Å². The van der Waals surface area contributed by atoms with Crippen molar-refractivity contribution in [2.45, 2.75) is 31.2 Å². The van der Waals surface area contributed by atoms with Crippen molar-refractivity contribution in [3.8, 4) is 0 Å². The van der Waals surface area contributed by atoms with Crippen LogP contribution >= 0.6 is 0 Å². The molecule has 0 fully saturated rings. The molecule has 0 saturated heterocycles. The number of benzene rings is 1. The second-order valence-electron chi connectivity index (χ2n) is 7.22. The SMILES string of the molecule is CC(C)CC1C=Cc2c(cn(C)c2C(=O)Nc2ccc(F)c(F)c2)S(=N)(=O)N1. The van der Waals surface area contributed by atoms with E-state index in [4.69, 9.17) is 4.78 Å². The zero-order valence-electron chi connectivity index (χ0n) is 15.8. The Morgan fingerprint density at radius 2 is 2.07 bits per heavy atom. The second-order valence-corrected chi connectivity index (χ2v) is 9.01. The second kappa shape index (κ2) is 7.48. The minimum absolute atomic E-state index is 0.0962.